The van der Waals surface area contributed by atoms with Gasteiger partial charge < -0.3 is 15.2 Å². The molecule has 2 N–H and O–H groups in total. The van der Waals surface area contributed by atoms with Crippen LogP contribution in [0.4, 0.5) is 17.1 Å². The van der Waals surface area contributed by atoms with Crippen LogP contribution in [0.1, 0.15) is 22.8 Å². The molecule has 0 unspecified atom stereocenters. The number of carbonyl (C=O) groups is 1. The number of aryl methyl sites for hydroxylation is 1. The number of nitrogens with one attached hydrogen (secondary N) is 1. The predicted octanol–water partition coefficient (Wildman–Crippen LogP) is 3.85. The van der Waals surface area contributed by atoms with E-state index in [0.29, 0.717) is 33.8 Å². The number of rotatable bonds is 7. The van der Waals surface area contributed by atoms with E-state index >= 15 is 0 Å². The number of carbonyl (C=O) groups excluding carboxylic acids is 1. The zero-order valence-corrected chi connectivity index (χ0v) is 25.4. The van der Waals surface area contributed by atoms with Gasteiger partial charge in [-0.05, 0) is 55.1 Å². The summed E-state index contributed by atoms with van der Waals surface area (Å²) in [5.41, 5.74) is 0.405. The van der Waals surface area contributed by atoms with Crippen molar-refractivity contribution in [2.24, 2.45) is 10.2 Å². The number of hydrogen-bond acceptors (Lipinski definition) is 7. The number of ether oxygens (including phenoxy) is 1. The summed E-state index contributed by atoms with van der Waals surface area (Å²) in [5.74, 6) is -0.948. The third kappa shape index (κ3) is 6.90. The molecule has 196 valence electrons. The molecule has 0 aliphatic carbocycles. The molecule has 0 saturated heterocycles. The normalized spacial score (nSPS) is 11.4. The molecule has 39 heavy (non-hydrogen) atoms. The Bertz CT molecular complexity index is 1690. The van der Waals surface area contributed by atoms with Crippen molar-refractivity contribution in [2.45, 2.75) is 18.7 Å². The SMILES string of the molecule is CCOc1cc(NC(=O)c2cc3ccccc3c(N=Nc3cc(C)c(S(=O)(=O)O)c(Cl)c3)c2[O-])ccc1Cl.[Na+]. The first-order valence-electron chi connectivity index (χ1n) is 11.2. The average molecular weight is 596 g/mol. The minimum atomic E-state index is -4.55. The van der Waals surface area contributed by atoms with Gasteiger partial charge in [0.05, 0.1) is 28.0 Å². The second-order valence-corrected chi connectivity index (χ2v) is 10.3. The standard InChI is InChI=1S/C26H21Cl2N3O6S.Na/c1-3-37-22-13-16(8-9-20(22)27)29-26(33)19-11-15-6-4-5-7-18(15)23(24(19)32)31-30-17-10-14(2)25(21(28)12-17)38(34,35)36;/h4-13,32H,3H2,1-2H3,(H,29,33)(H,34,35,36);/q;+1/p-1. The second kappa shape index (κ2) is 12.6. The predicted molar refractivity (Wildman–Crippen MR) is 144 cm³/mol. The van der Waals surface area contributed by atoms with Crippen molar-refractivity contribution < 1.29 is 57.2 Å². The summed E-state index contributed by atoms with van der Waals surface area (Å²) >= 11 is 12.2. The molecule has 0 fully saturated rings. The van der Waals surface area contributed by atoms with Crippen LogP contribution in [0.25, 0.3) is 10.8 Å². The van der Waals surface area contributed by atoms with Crippen molar-refractivity contribution in [1.82, 2.24) is 0 Å². The third-order valence-electron chi connectivity index (χ3n) is 5.45. The molecule has 0 radical (unpaired) electrons. The Kier molecular flexibility index (Phi) is 10.0. The van der Waals surface area contributed by atoms with E-state index in [1.54, 1.807) is 49.4 Å². The molecular weight excluding hydrogens is 576 g/mol. The number of fused-ring (bicyclic) bond motifs is 1. The van der Waals surface area contributed by atoms with E-state index in [-0.39, 0.29) is 57.1 Å². The fourth-order valence-electron chi connectivity index (χ4n) is 3.83. The van der Waals surface area contributed by atoms with Crippen molar-refractivity contribution in [1.29, 1.82) is 0 Å². The Morgan fingerprint density at radius 1 is 1.05 bits per heavy atom. The number of benzene rings is 4. The maximum absolute atomic E-state index is 13.4. The Hall–Kier alpha value is -2.70. The van der Waals surface area contributed by atoms with E-state index in [1.807, 2.05) is 0 Å². The van der Waals surface area contributed by atoms with E-state index < -0.39 is 26.7 Å². The van der Waals surface area contributed by atoms with Crippen molar-refractivity contribution >= 4 is 67.1 Å². The minimum Gasteiger partial charge on any atom is -0.870 e. The zero-order valence-electron chi connectivity index (χ0n) is 21.0. The molecule has 0 aliphatic heterocycles. The van der Waals surface area contributed by atoms with Gasteiger partial charge in [-0.1, -0.05) is 53.2 Å². The Balaban J connectivity index is 0.00000420. The van der Waals surface area contributed by atoms with Gasteiger partial charge in [0.15, 0.2) is 0 Å². The van der Waals surface area contributed by atoms with Crippen LogP contribution < -0.4 is 44.7 Å². The van der Waals surface area contributed by atoms with E-state index in [4.69, 9.17) is 27.9 Å². The summed E-state index contributed by atoms with van der Waals surface area (Å²) in [6.07, 6.45) is 0. The van der Waals surface area contributed by atoms with Crippen molar-refractivity contribution in [3.63, 3.8) is 0 Å². The fraction of sp³-hybridized carbons (Fsp3) is 0.115. The molecule has 13 heteroatoms. The second-order valence-electron chi connectivity index (χ2n) is 8.10. The third-order valence-corrected chi connectivity index (χ3v) is 7.23. The van der Waals surface area contributed by atoms with Crippen LogP contribution in [0.5, 0.6) is 11.5 Å². The summed E-state index contributed by atoms with van der Waals surface area (Å²) in [6.45, 7) is 3.61. The van der Waals surface area contributed by atoms with E-state index in [0.717, 1.165) is 0 Å². The first-order chi connectivity index (χ1) is 18.0. The largest absolute Gasteiger partial charge is 1.00 e. The molecule has 1 amide bonds. The first-order valence-corrected chi connectivity index (χ1v) is 13.3. The van der Waals surface area contributed by atoms with Gasteiger partial charge in [-0.2, -0.15) is 18.6 Å². The molecule has 0 aliphatic rings. The smallest absolute Gasteiger partial charge is 0.870 e. The van der Waals surface area contributed by atoms with Crippen LogP contribution in [0.15, 0.2) is 75.8 Å². The van der Waals surface area contributed by atoms with Gasteiger partial charge in [0.2, 0.25) is 0 Å². The maximum Gasteiger partial charge on any atom is 1.00 e. The summed E-state index contributed by atoms with van der Waals surface area (Å²) < 4.78 is 38.0. The summed E-state index contributed by atoms with van der Waals surface area (Å²) in [7, 11) is -4.55. The summed E-state index contributed by atoms with van der Waals surface area (Å²) in [5, 5.41) is 25.4. The van der Waals surface area contributed by atoms with Crippen LogP contribution >= 0.6 is 23.2 Å². The fourth-order valence-corrected chi connectivity index (χ4v) is 5.32. The van der Waals surface area contributed by atoms with E-state index in [2.05, 4.69) is 15.5 Å². The van der Waals surface area contributed by atoms with Crippen LogP contribution in [-0.2, 0) is 10.1 Å². The average Bonchev–Trinajstić information content (AvgIpc) is 2.84. The minimum absolute atomic E-state index is 0. The Labute approximate surface area is 256 Å². The quantitative estimate of drug-likeness (QED) is 0.189. The monoisotopic (exact) mass is 595 g/mol. The molecule has 4 aromatic rings. The number of anilines is 1. The van der Waals surface area contributed by atoms with Gasteiger partial charge in [0, 0.05) is 22.7 Å². The molecule has 0 aromatic heterocycles. The van der Waals surface area contributed by atoms with Gasteiger partial charge in [0.1, 0.15) is 10.6 Å². The molecule has 0 bridgehead atoms. The summed E-state index contributed by atoms with van der Waals surface area (Å²) in [4.78, 5) is 12.7. The maximum atomic E-state index is 13.4. The van der Waals surface area contributed by atoms with Gasteiger partial charge >= 0.3 is 29.6 Å². The first kappa shape index (κ1) is 30.8. The van der Waals surface area contributed by atoms with Crippen molar-refractivity contribution in [2.75, 3.05) is 11.9 Å². The number of nitrogens with zero attached hydrogens (tertiary/aromatic N) is 2. The van der Waals surface area contributed by atoms with Gasteiger partial charge in [0.25, 0.3) is 16.0 Å². The molecule has 0 saturated carbocycles. The number of azo groups is 1. The molecule has 4 rings (SSSR count). The molecule has 9 nitrogen and oxygen atoms in total. The van der Waals surface area contributed by atoms with Gasteiger partial charge in [-0.15, -0.1) is 0 Å². The Morgan fingerprint density at radius 2 is 1.77 bits per heavy atom. The van der Waals surface area contributed by atoms with Crippen LogP contribution in [0.2, 0.25) is 10.0 Å². The molecular formula is C26H20Cl2N3NaO6S. The van der Waals surface area contributed by atoms with Gasteiger partial charge in [-0.25, -0.2) is 0 Å². The molecule has 0 atom stereocenters. The van der Waals surface area contributed by atoms with E-state index in [9.17, 15) is 22.9 Å². The number of hydrogen-bond donors (Lipinski definition) is 2. The zero-order chi connectivity index (χ0) is 27.6. The number of amides is 1. The van der Waals surface area contributed by atoms with Crippen LogP contribution in [0.3, 0.4) is 0 Å². The van der Waals surface area contributed by atoms with Crippen molar-refractivity contribution in [3.8, 4) is 11.5 Å². The van der Waals surface area contributed by atoms with E-state index in [1.165, 1.54) is 25.1 Å². The Morgan fingerprint density at radius 3 is 2.44 bits per heavy atom. The van der Waals surface area contributed by atoms with Gasteiger partial charge in [-0.3, -0.25) is 9.35 Å². The summed E-state index contributed by atoms with van der Waals surface area (Å²) in [6, 6.07) is 15.6. The van der Waals surface area contributed by atoms with Crippen molar-refractivity contribution in [3.05, 3.63) is 81.8 Å². The number of halogens is 2. The topological polar surface area (TPSA) is 140 Å². The van der Waals surface area contributed by atoms with Crippen LogP contribution in [0, 0.1) is 6.92 Å². The molecule has 0 spiro atoms. The van der Waals surface area contributed by atoms with Crippen LogP contribution in [-0.4, -0.2) is 25.5 Å². The molecule has 0 heterocycles. The molecule has 4 aromatic carbocycles.